The van der Waals surface area contributed by atoms with Gasteiger partial charge in [-0.25, -0.2) is 4.79 Å². The number of aromatic nitrogens is 2. The summed E-state index contributed by atoms with van der Waals surface area (Å²) >= 11 is 0. The van der Waals surface area contributed by atoms with E-state index < -0.39 is 5.97 Å². The lowest BCUT2D eigenvalue weighted by molar-refractivity contribution is -0.137. The molecule has 0 aliphatic heterocycles. The molecule has 8 heteroatoms. The highest BCUT2D eigenvalue weighted by molar-refractivity contribution is 6.02. The molecule has 1 aromatic heterocycles. The van der Waals surface area contributed by atoms with E-state index in [9.17, 15) is 14.7 Å². The van der Waals surface area contributed by atoms with Gasteiger partial charge < -0.3 is 20.6 Å². The highest BCUT2D eigenvalue weighted by Gasteiger charge is 2.19. The number of rotatable bonds is 10. The maximum atomic E-state index is 13.0. The van der Waals surface area contributed by atoms with Gasteiger partial charge in [-0.2, -0.15) is 0 Å². The Kier molecular flexibility index (Phi) is 8.63. The Hall–Kier alpha value is -3.68. The zero-order valence-corrected chi connectivity index (χ0v) is 21.1. The molecular weight excluding hydrogens is 442 g/mol. The lowest BCUT2D eigenvalue weighted by Crippen LogP contribution is -2.32. The Morgan fingerprint density at radius 2 is 1.54 bits per heavy atom. The number of anilines is 3. The van der Waals surface area contributed by atoms with Crippen LogP contribution in [0.2, 0.25) is 0 Å². The molecule has 0 unspecified atom stereocenters. The molecule has 0 spiro atoms. The molecule has 0 fully saturated rings. The Morgan fingerprint density at radius 3 is 2.17 bits per heavy atom. The van der Waals surface area contributed by atoms with Crippen molar-refractivity contribution in [1.82, 2.24) is 9.97 Å². The van der Waals surface area contributed by atoms with Gasteiger partial charge in [-0.1, -0.05) is 40.7 Å². The minimum absolute atomic E-state index is 0.0187. The van der Waals surface area contributed by atoms with Crippen LogP contribution < -0.4 is 15.5 Å². The fraction of sp³-hybridized carbons (Fsp3) is 0.407. The van der Waals surface area contributed by atoms with Crippen LogP contribution in [0, 0.1) is 11.8 Å². The Balaban J connectivity index is 1.91. The van der Waals surface area contributed by atoms with Crippen LogP contribution in [0.25, 0.3) is 11.0 Å². The van der Waals surface area contributed by atoms with Crippen molar-refractivity contribution in [2.75, 3.05) is 28.6 Å². The van der Waals surface area contributed by atoms with E-state index in [-0.39, 0.29) is 18.4 Å². The van der Waals surface area contributed by atoms with Crippen LogP contribution in [0.5, 0.6) is 0 Å². The van der Waals surface area contributed by atoms with E-state index in [4.69, 9.17) is 0 Å². The summed E-state index contributed by atoms with van der Waals surface area (Å²) in [7, 11) is 0. The van der Waals surface area contributed by atoms with Crippen LogP contribution in [-0.2, 0) is 4.79 Å². The second kappa shape index (κ2) is 11.6. The number of carboxylic acid groups (broad SMARTS) is 1. The number of fused-ring (bicyclic) bond motifs is 1. The number of benzene rings is 2. The van der Waals surface area contributed by atoms with Gasteiger partial charge in [-0.05, 0) is 53.6 Å². The summed E-state index contributed by atoms with van der Waals surface area (Å²) in [5.74, 6) is -0.179. The first kappa shape index (κ1) is 25.9. The lowest BCUT2D eigenvalue weighted by atomic mass is 9.96. The summed E-state index contributed by atoms with van der Waals surface area (Å²) in [6.07, 6.45) is 3.26. The molecule has 0 bridgehead atoms. The molecule has 3 rings (SSSR count). The van der Waals surface area contributed by atoms with Crippen LogP contribution in [0.4, 0.5) is 21.9 Å². The zero-order valence-electron chi connectivity index (χ0n) is 21.1. The van der Waals surface area contributed by atoms with Gasteiger partial charge in [0.1, 0.15) is 0 Å². The van der Waals surface area contributed by atoms with Gasteiger partial charge in [0.2, 0.25) is 0 Å². The number of hydrogen-bond donors (Lipinski definition) is 3. The van der Waals surface area contributed by atoms with Crippen molar-refractivity contribution in [3.8, 4) is 0 Å². The molecule has 186 valence electrons. The quantitative estimate of drug-likeness (QED) is 0.332. The topological polar surface area (TPSA) is 107 Å². The van der Waals surface area contributed by atoms with Gasteiger partial charge >= 0.3 is 12.0 Å². The molecule has 1 heterocycles. The molecule has 3 aromatic rings. The Bertz CT molecular complexity index is 1170. The van der Waals surface area contributed by atoms with Crippen molar-refractivity contribution in [3.05, 3.63) is 54.4 Å². The average molecular weight is 478 g/mol. The van der Waals surface area contributed by atoms with Gasteiger partial charge in [0.25, 0.3) is 0 Å². The first-order valence-corrected chi connectivity index (χ1v) is 12.0. The summed E-state index contributed by atoms with van der Waals surface area (Å²) in [5.41, 5.74) is 4.47. The summed E-state index contributed by atoms with van der Waals surface area (Å²) in [5, 5.41) is 15.1. The van der Waals surface area contributed by atoms with Crippen LogP contribution >= 0.6 is 0 Å². The molecular formula is C27H35N5O3. The van der Waals surface area contributed by atoms with Crippen LogP contribution in [0.3, 0.4) is 0 Å². The van der Waals surface area contributed by atoms with Crippen molar-refractivity contribution in [1.29, 1.82) is 0 Å². The summed E-state index contributed by atoms with van der Waals surface area (Å²) in [4.78, 5) is 35.1. The minimum Gasteiger partial charge on any atom is -0.481 e. The van der Waals surface area contributed by atoms with Crippen LogP contribution in [-0.4, -0.2) is 40.2 Å². The standard InChI is InChI=1S/C27H35N5O3/c1-17(2)15-32(16-18(3)4)25-9-6-20(19(5)12-26(33)34)13-24(25)31-27(35)30-21-7-8-22-23(14-21)29-11-10-28-22/h6-11,13-14,17-19H,12,15-16H2,1-5H3,(H,33,34)(H2,30,31,35)/t19-/m0/s1. The average Bonchev–Trinajstić information content (AvgIpc) is 2.77. The maximum Gasteiger partial charge on any atom is 0.323 e. The minimum atomic E-state index is -0.852. The molecule has 35 heavy (non-hydrogen) atoms. The van der Waals surface area contributed by atoms with Crippen molar-refractivity contribution in [2.24, 2.45) is 11.8 Å². The lowest BCUT2D eigenvalue weighted by Gasteiger charge is -2.31. The van der Waals surface area contributed by atoms with E-state index in [2.05, 4.69) is 53.2 Å². The van der Waals surface area contributed by atoms with E-state index >= 15 is 0 Å². The fourth-order valence-corrected chi connectivity index (χ4v) is 4.09. The third-order valence-electron chi connectivity index (χ3n) is 5.56. The number of carbonyl (C=O) groups is 2. The van der Waals surface area contributed by atoms with Crippen molar-refractivity contribution in [2.45, 2.75) is 47.0 Å². The molecule has 0 aliphatic carbocycles. The molecule has 2 amide bonds. The molecule has 0 saturated heterocycles. The highest BCUT2D eigenvalue weighted by Crippen LogP contribution is 2.32. The number of amides is 2. The molecule has 8 nitrogen and oxygen atoms in total. The predicted molar refractivity (Wildman–Crippen MR) is 141 cm³/mol. The SMILES string of the molecule is CC(C)CN(CC(C)C)c1ccc([C@@H](C)CC(=O)O)cc1NC(=O)Nc1ccc2nccnc2c1. The second-order valence-electron chi connectivity index (χ2n) is 9.81. The summed E-state index contributed by atoms with van der Waals surface area (Å²) < 4.78 is 0. The van der Waals surface area contributed by atoms with Crippen molar-refractivity contribution < 1.29 is 14.7 Å². The molecule has 3 N–H and O–H groups in total. The van der Waals surface area contributed by atoms with E-state index in [1.54, 1.807) is 24.5 Å². The first-order valence-electron chi connectivity index (χ1n) is 12.0. The van der Waals surface area contributed by atoms with Crippen LogP contribution in [0.15, 0.2) is 48.8 Å². The molecule has 2 aromatic carbocycles. The summed E-state index contributed by atoms with van der Waals surface area (Å²) in [6, 6.07) is 10.8. The third-order valence-corrected chi connectivity index (χ3v) is 5.56. The van der Waals surface area contributed by atoms with Crippen molar-refractivity contribution >= 4 is 40.1 Å². The number of aliphatic carboxylic acids is 1. The normalized spacial score (nSPS) is 12.1. The number of hydrogen-bond acceptors (Lipinski definition) is 5. The predicted octanol–water partition coefficient (Wildman–Crippen LogP) is 5.97. The number of urea groups is 1. The largest absolute Gasteiger partial charge is 0.481 e. The van der Waals surface area contributed by atoms with Crippen molar-refractivity contribution in [3.63, 3.8) is 0 Å². The van der Waals surface area contributed by atoms with E-state index in [1.807, 2.05) is 31.2 Å². The van der Waals surface area contributed by atoms with E-state index in [0.717, 1.165) is 29.9 Å². The van der Waals surface area contributed by atoms with Crippen LogP contribution in [0.1, 0.15) is 52.5 Å². The number of carboxylic acids is 1. The van der Waals surface area contributed by atoms with E-state index in [0.29, 0.717) is 28.7 Å². The Morgan fingerprint density at radius 1 is 0.886 bits per heavy atom. The van der Waals surface area contributed by atoms with Gasteiger partial charge in [-0.15, -0.1) is 0 Å². The Labute approximate surface area is 206 Å². The number of carbonyl (C=O) groups excluding carboxylic acids is 1. The zero-order chi connectivity index (χ0) is 25.5. The summed E-state index contributed by atoms with van der Waals surface area (Å²) in [6.45, 7) is 12.2. The smallest absolute Gasteiger partial charge is 0.323 e. The highest BCUT2D eigenvalue weighted by atomic mass is 16.4. The fourth-order valence-electron chi connectivity index (χ4n) is 4.09. The van der Waals surface area contributed by atoms with Gasteiger partial charge in [0.15, 0.2) is 0 Å². The van der Waals surface area contributed by atoms with Gasteiger partial charge in [0, 0.05) is 31.2 Å². The van der Waals surface area contributed by atoms with E-state index in [1.165, 1.54) is 0 Å². The molecule has 1 atom stereocenters. The maximum absolute atomic E-state index is 13.0. The number of nitrogens with zero attached hydrogens (tertiary/aromatic N) is 3. The number of nitrogens with one attached hydrogen (secondary N) is 2. The second-order valence-corrected chi connectivity index (χ2v) is 9.81. The monoisotopic (exact) mass is 477 g/mol. The van der Waals surface area contributed by atoms with Gasteiger partial charge in [0.05, 0.1) is 28.8 Å². The molecule has 0 saturated carbocycles. The molecule has 0 aliphatic rings. The third kappa shape index (κ3) is 7.40. The molecule has 0 radical (unpaired) electrons. The van der Waals surface area contributed by atoms with Gasteiger partial charge in [-0.3, -0.25) is 14.8 Å². The first-order chi connectivity index (χ1) is 16.6.